The zero-order chi connectivity index (χ0) is 21.7. The lowest BCUT2D eigenvalue weighted by Gasteiger charge is -2.09. The van der Waals surface area contributed by atoms with Crippen LogP contribution in [0.15, 0.2) is 48.5 Å². The Labute approximate surface area is 176 Å². The molecule has 0 fully saturated rings. The molecule has 4 amide bonds. The summed E-state index contributed by atoms with van der Waals surface area (Å²) in [6, 6.07) is 12.9. The highest BCUT2D eigenvalue weighted by atomic mass is 32.1. The third-order valence-corrected chi connectivity index (χ3v) is 5.09. The lowest BCUT2D eigenvalue weighted by Crippen LogP contribution is -2.19. The van der Waals surface area contributed by atoms with E-state index in [4.69, 9.17) is 10.5 Å². The van der Waals surface area contributed by atoms with Crippen molar-refractivity contribution in [2.75, 3.05) is 23.1 Å². The average Bonchev–Trinajstić information content (AvgIpc) is 3.08. The van der Waals surface area contributed by atoms with Crippen molar-refractivity contribution in [3.63, 3.8) is 0 Å². The van der Waals surface area contributed by atoms with Gasteiger partial charge in [0.15, 0.2) is 5.13 Å². The number of ether oxygens (including phenoxy) is 1. The molecule has 0 aliphatic carbocycles. The highest BCUT2D eigenvalue weighted by molar-refractivity contribution is 7.17. The topological polar surface area (TPSA) is 135 Å². The van der Waals surface area contributed by atoms with E-state index in [0.29, 0.717) is 27.7 Å². The number of aromatic nitrogens is 1. The van der Waals surface area contributed by atoms with Gasteiger partial charge in [-0.25, -0.2) is 9.78 Å². The van der Waals surface area contributed by atoms with Gasteiger partial charge in [-0.2, -0.15) is 0 Å². The van der Waals surface area contributed by atoms with Crippen molar-refractivity contribution in [3.8, 4) is 5.75 Å². The van der Waals surface area contributed by atoms with Gasteiger partial charge < -0.3 is 21.1 Å². The fourth-order valence-electron chi connectivity index (χ4n) is 2.65. The molecule has 0 saturated carbocycles. The van der Waals surface area contributed by atoms with Gasteiger partial charge in [0, 0.05) is 0 Å². The number of benzene rings is 2. The molecule has 3 rings (SSSR count). The maximum Gasteiger partial charge on any atom is 0.325 e. The number of nitrogens with one attached hydrogen (secondary N) is 3. The minimum atomic E-state index is -0.651. The maximum atomic E-state index is 12.6. The Kier molecular flexibility index (Phi) is 6.28. The number of urea groups is 1. The summed E-state index contributed by atoms with van der Waals surface area (Å²) >= 11 is 1.01. The average molecular weight is 425 g/mol. The number of carbonyl (C=O) groups excluding carboxylic acids is 3. The minimum absolute atomic E-state index is 0.197. The first-order valence-electron chi connectivity index (χ1n) is 8.77. The molecule has 1 aromatic heterocycles. The molecule has 5 N–H and O–H groups in total. The van der Waals surface area contributed by atoms with Crippen LogP contribution in [0.2, 0.25) is 0 Å². The van der Waals surface area contributed by atoms with E-state index >= 15 is 0 Å². The summed E-state index contributed by atoms with van der Waals surface area (Å²) in [5.41, 5.74) is 6.76. The van der Waals surface area contributed by atoms with Crippen molar-refractivity contribution < 1.29 is 19.1 Å². The summed E-state index contributed by atoms with van der Waals surface area (Å²) in [6.07, 6.45) is 0. The van der Waals surface area contributed by atoms with Gasteiger partial charge in [0.25, 0.3) is 11.8 Å². The van der Waals surface area contributed by atoms with Crippen molar-refractivity contribution in [1.82, 2.24) is 4.98 Å². The van der Waals surface area contributed by atoms with Crippen molar-refractivity contribution in [3.05, 3.63) is 64.7 Å². The zero-order valence-corrected chi connectivity index (χ0v) is 17.0. The van der Waals surface area contributed by atoms with Crippen molar-refractivity contribution in [2.24, 2.45) is 5.73 Å². The molecule has 0 aliphatic heterocycles. The molecule has 10 heteroatoms. The third-order valence-electron chi connectivity index (χ3n) is 4.02. The van der Waals surface area contributed by atoms with E-state index in [1.54, 1.807) is 49.4 Å². The molecule has 0 atom stereocenters. The number of hydrogen-bond donors (Lipinski definition) is 4. The summed E-state index contributed by atoms with van der Waals surface area (Å²) in [4.78, 5) is 41.0. The number of anilines is 3. The first-order chi connectivity index (χ1) is 14.4. The molecule has 30 heavy (non-hydrogen) atoms. The van der Waals surface area contributed by atoms with Crippen molar-refractivity contribution >= 4 is 45.7 Å². The van der Waals surface area contributed by atoms with Crippen LogP contribution in [0.5, 0.6) is 5.75 Å². The molecule has 9 nitrogen and oxygen atoms in total. The SMILES string of the molecule is COc1ccccc1NC(=O)Nc1nc(C)c(C(=O)Nc2ccccc2C(N)=O)s1. The standard InChI is InChI=1S/C20H19N5O4S/c1-11-16(18(27)23-13-8-4-3-7-12(13)17(21)26)30-20(22-11)25-19(28)24-14-9-5-6-10-15(14)29-2/h3-10H,1-2H3,(H2,21,26)(H,23,27)(H2,22,24,25,28). The smallest absolute Gasteiger partial charge is 0.325 e. The van der Waals surface area contributed by atoms with Gasteiger partial charge >= 0.3 is 6.03 Å². The van der Waals surface area contributed by atoms with Crippen LogP contribution in [0.25, 0.3) is 0 Å². The van der Waals surface area contributed by atoms with Crippen LogP contribution in [0, 0.1) is 6.92 Å². The third kappa shape index (κ3) is 4.73. The summed E-state index contributed by atoms with van der Waals surface area (Å²) in [5.74, 6) is -0.602. The summed E-state index contributed by atoms with van der Waals surface area (Å²) in [6.45, 7) is 1.65. The Morgan fingerprint density at radius 3 is 2.33 bits per heavy atom. The van der Waals surface area contributed by atoms with E-state index in [0.717, 1.165) is 11.3 Å². The van der Waals surface area contributed by atoms with Crippen LogP contribution in [-0.4, -0.2) is 29.9 Å². The first-order valence-corrected chi connectivity index (χ1v) is 9.59. The van der Waals surface area contributed by atoms with Gasteiger partial charge in [-0.3, -0.25) is 14.9 Å². The number of nitrogens with zero attached hydrogens (tertiary/aromatic N) is 1. The number of para-hydroxylation sites is 3. The Hall–Kier alpha value is -3.92. The lowest BCUT2D eigenvalue weighted by molar-refractivity contribution is 0.100. The zero-order valence-electron chi connectivity index (χ0n) is 16.2. The summed E-state index contributed by atoms with van der Waals surface area (Å²) in [7, 11) is 1.50. The molecule has 0 bridgehead atoms. The van der Waals surface area contributed by atoms with E-state index in [1.807, 2.05) is 0 Å². The summed E-state index contributed by atoms with van der Waals surface area (Å²) in [5, 5.41) is 8.17. The Morgan fingerprint density at radius 1 is 0.967 bits per heavy atom. The fraction of sp³-hybridized carbons (Fsp3) is 0.100. The van der Waals surface area contributed by atoms with Crippen LogP contribution < -0.4 is 26.4 Å². The number of nitrogens with two attached hydrogens (primary N) is 1. The van der Waals surface area contributed by atoms with E-state index in [9.17, 15) is 14.4 Å². The normalized spacial score (nSPS) is 10.2. The van der Waals surface area contributed by atoms with Crippen LogP contribution in [0.3, 0.4) is 0 Å². The second-order valence-corrected chi connectivity index (χ2v) is 7.08. The van der Waals surface area contributed by atoms with Crippen molar-refractivity contribution in [1.29, 1.82) is 0 Å². The van der Waals surface area contributed by atoms with E-state index in [1.165, 1.54) is 13.2 Å². The Bertz CT molecular complexity index is 1110. The largest absolute Gasteiger partial charge is 0.495 e. The molecule has 0 saturated heterocycles. The second kappa shape index (κ2) is 9.05. The number of thiazole rings is 1. The Morgan fingerprint density at radius 2 is 1.63 bits per heavy atom. The van der Waals surface area contributed by atoms with Crippen LogP contribution in [0.4, 0.5) is 21.3 Å². The van der Waals surface area contributed by atoms with E-state index < -0.39 is 17.8 Å². The monoisotopic (exact) mass is 425 g/mol. The predicted molar refractivity (Wildman–Crippen MR) is 115 cm³/mol. The van der Waals surface area contributed by atoms with E-state index in [-0.39, 0.29) is 10.7 Å². The predicted octanol–water partition coefficient (Wildman–Crippen LogP) is 3.46. The van der Waals surface area contributed by atoms with Crippen LogP contribution in [-0.2, 0) is 0 Å². The number of carbonyl (C=O) groups is 3. The van der Waals surface area contributed by atoms with Crippen LogP contribution >= 0.6 is 11.3 Å². The summed E-state index contributed by atoms with van der Waals surface area (Å²) < 4.78 is 5.19. The van der Waals surface area contributed by atoms with Gasteiger partial charge in [-0.1, -0.05) is 35.6 Å². The molecule has 3 aromatic rings. The molecular weight excluding hydrogens is 406 g/mol. The first kappa shape index (κ1) is 20.8. The molecule has 1 heterocycles. The number of rotatable bonds is 6. The quantitative estimate of drug-likeness (QED) is 0.480. The van der Waals surface area contributed by atoms with Gasteiger partial charge in [0.05, 0.1) is 29.7 Å². The number of amides is 4. The van der Waals surface area contributed by atoms with Gasteiger partial charge in [0.1, 0.15) is 10.6 Å². The Balaban J connectivity index is 1.71. The van der Waals surface area contributed by atoms with Gasteiger partial charge in [0.2, 0.25) is 0 Å². The van der Waals surface area contributed by atoms with Gasteiger partial charge in [-0.05, 0) is 31.2 Å². The molecule has 0 aliphatic rings. The highest BCUT2D eigenvalue weighted by Gasteiger charge is 2.19. The molecule has 0 radical (unpaired) electrons. The molecule has 0 unspecified atom stereocenters. The lowest BCUT2D eigenvalue weighted by atomic mass is 10.1. The fourth-order valence-corrected chi connectivity index (χ4v) is 3.50. The van der Waals surface area contributed by atoms with Crippen molar-refractivity contribution in [2.45, 2.75) is 6.92 Å². The second-order valence-electron chi connectivity index (χ2n) is 6.08. The minimum Gasteiger partial charge on any atom is -0.495 e. The number of primary amides is 1. The number of hydrogen-bond acceptors (Lipinski definition) is 6. The number of methoxy groups -OCH3 is 1. The molecule has 0 spiro atoms. The van der Waals surface area contributed by atoms with Gasteiger partial charge in [-0.15, -0.1) is 0 Å². The maximum absolute atomic E-state index is 12.6. The number of aryl methyl sites for hydroxylation is 1. The molecule has 154 valence electrons. The van der Waals surface area contributed by atoms with Crippen LogP contribution in [0.1, 0.15) is 25.7 Å². The molecular formula is C20H19N5O4S. The van der Waals surface area contributed by atoms with E-state index in [2.05, 4.69) is 20.9 Å². The molecule has 2 aromatic carbocycles. The highest BCUT2D eigenvalue weighted by Crippen LogP contribution is 2.26.